The van der Waals surface area contributed by atoms with Crippen LogP contribution in [-0.4, -0.2) is 14.5 Å². The maximum Gasteiger partial charge on any atom is 0.333 e. The first-order valence-electron chi connectivity index (χ1n) is 9.12. The number of H-pyrrole nitrogens is 1. The Bertz CT molecular complexity index is 1570. The fraction of sp³-hybridized carbons (Fsp3) is 0. The van der Waals surface area contributed by atoms with E-state index in [1.807, 2.05) is 42.5 Å². The highest BCUT2D eigenvalue weighted by molar-refractivity contribution is 6.39. The number of benzene rings is 3. The first-order valence-corrected chi connectivity index (χ1v) is 9.87. The SMILES string of the molecule is O=c1[nH]c2c(Cl)c(-c3ccccc3Cl)ccc2c(=O)n1-c1cncc2ccccc12. The molecule has 2 aromatic heterocycles. The van der Waals surface area contributed by atoms with Gasteiger partial charge in [-0.15, -0.1) is 0 Å². The topological polar surface area (TPSA) is 67.8 Å². The molecule has 0 atom stereocenters. The molecule has 0 unspecified atom stereocenters. The lowest BCUT2D eigenvalue weighted by molar-refractivity contribution is 0.902. The largest absolute Gasteiger partial charge is 0.333 e. The van der Waals surface area contributed by atoms with Gasteiger partial charge in [0.15, 0.2) is 0 Å². The number of halogens is 2. The molecule has 5 nitrogen and oxygen atoms in total. The second-order valence-electron chi connectivity index (χ2n) is 6.78. The summed E-state index contributed by atoms with van der Waals surface area (Å²) in [5.41, 5.74) is 0.966. The quantitative estimate of drug-likeness (QED) is 0.415. The van der Waals surface area contributed by atoms with Crippen LogP contribution >= 0.6 is 23.2 Å². The van der Waals surface area contributed by atoms with Crippen molar-refractivity contribution in [2.45, 2.75) is 0 Å². The zero-order valence-corrected chi connectivity index (χ0v) is 16.9. The number of nitrogens with one attached hydrogen (secondary N) is 1. The van der Waals surface area contributed by atoms with Gasteiger partial charge in [-0.3, -0.25) is 9.78 Å². The molecule has 5 rings (SSSR count). The van der Waals surface area contributed by atoms with E-state index < -0.39 is 11.2 Å². The molecule has 0 radical (unpaired) electrons. The van der Waals surface area contributed by atoms with Crippen LogP contribution in [0.2, 0.25) is 10.0 Å². The Morgan fingerprint density at radius 1 is 0.800 bits per heavy atom. The number of pyridine rings is 1. The number of fused-ring (bicyclic) bond motifs is 2. The van der Waals surface area contributed by atoms with Crippen LogP contribution < -0.4 is 11.2 Å². The predicted molar refractivity (Wildman–Crippen MR) is 121 cm³/mol. The summed E-state index contributed by atoms with van der Waals surface area (Å²) in [6.45, 7) is 0. The van der Waals surface area contributed by atoms with Crippen molar-refractivity contribution in [3.63, 3.8) is 0 Å². The van der Waals surface area contributed by atoms with E-state index >= 15 is 0 Å². The summed E-state index contributed by atoms with van der Waals surface area (Å²) in [5, 5.41) is 2.66. The summed E-state index contributed by atoms with van der Waals surface area (Å²) in [6, 6.07) is 18.1. The molecule has 0 aliphatic rings. The molecule has 2 heterocycles. The Kier molecular flexibility index (Phi) is 4.42. The monoisotopic (exact) mass is 433 g/mol. The van der Waals surface area contributed by atoms with E-state index in [1.165, 1.54) is 6.20 Å². The minimum Gasteiger partial charge on any atom is -0.305 e. The molecule has 7 heteroatoms. The van der Waals surface area contributed by atoms with Crippen LogP contribution in [0.5, 0.6) is 0 Å². The average Bonchev–Trinajstić information content (AvgIpc) is 2.75. The highest BCUT2D eigenvalue weighted by atomic mass is 35.5. The summed E-state index contributed by atoms with van der Waals surface area (Å²) < 4.78 is 1.09. The van der Waals surface area contributed by atoms with E-state index in [2.05, 4.69) is 9.97 Å². The Balaban J connectivity index is 1.82. The van der Waals surface area contributed by atoms with Gasteiger partial charge in [0.1, 0.15) is 0 Å². The fourth-order valence-electron chi connectivity index (χ4n) is 3.64. The Morgan fingerprint density at radius 2 is 1.57 bits per heavy atom. The molecule has 0 bridgehead atoms. The van der Waals surface area contributed by atoms with Crippen molar-refractivity contribution in [2.75, 3.05) is 0 Å². The third kappa shape index (κ3) is 2.83. The molecule has 30 heavy (non-hydrogen) atoms. The van der Waals surface area contributed by atoms with E-state index in [0.717, 1.165) is 15.3 Å². The summed E-state index contributed by atoms with van der Waals surface area (Å²) in [6.07, 6.45) is 3.19. The van der Waals surface area contributed by atoms with Crippen molar-refractivity contribution in [3.8, 4) is 16.8 Å². The van der Waals surface area contributed by atoms with Gasteiger partial charge in [-0.2, -0.15) is 0 Å². The van der Waals surface area contributed by atoms with Crippen LogP contribution in [0.1, 0.15) is 0 Å². The van der Waals surface area contributed by atoms with Gasteiger partial charge in [-0.1, -0.05) is 71.7 Å². The number of rotatable bonds is 2. The first-order chi connectivity index (χ1) is 14.6. The minimum atomic E-state index is -0.594. The lowest BCUT2D eigenvalue weighted by Gasteiger charge is -2.12. The van der Waals surface area contributed by atoms with E-state index in [0.29, 0.717) is 27.2 Å². The van der Waals surface area contributed by atoms with E-state index in [4.69, 9.17) is 23.2 Å². The van der Waals surface area contributed by atoms with Crippen molar-refractivity contribution < 1.29 is 0 Å². The second-order valence-corrected chi connectivity index (χ2v) is 7.57. The first kappa shape index (κ1) is 18.6. The summed E-state index contributed by atoms with van der Waals surface area (Å²) in [5.74, 6) is 0. The third-order valence-electron chi connectivity index (χ3n) is 5.06. The zero-order chi connectivity index (χ0) is 20.8. The van der Waals surface area contributed by atoms with E-state index in [9.17, 15) is 9.59 Å². The van der Waals surface area contributed by atoms with Crippen LogP contribution in [0.25, 0.3) is 38.5 Å². The number of nitrogens with zero attached hydrogens (tertiary/aromatic N) is 2. The smallest absolute Gasteiger partial charge is 0.305 e. The van der Waals surface area contributed by atoms with Gasteiger partial charge in [0.05, 0.1) is 27.8 Å². The minimum absolute atomic E-state index is 0.262. The Morgan fingerprint density at radius 3 is 2.40 bits per heavy atom. The van der Waals surface area contributed by atoms with Gasteiger partial charge < -0.3 is 4.98 Å². The Labute approximate surface area is 180 Å². The normalized spacial score (nSPS) is 11.3. The fourth-order valence-corrected chi connectivity index (χ4v) is 4.19. The maximum absolute atomic E-state index is 13.3. The van der Waals surface area contributed by atoms with E-state index in [-0.39, 0.29) is 10.5 Å². The van der Waals surface area contributed by atoms with Gasteiger partial charge >= 0.3 is 5.69 Å². The molecule has 146 valence electrons. The van der Waals surface area contributed by atoms with Gasteiger partial charge in [-0.25, -0.2) is 9.36 Å². The van der Waals surface area contributed by atoms with Gasteiger partial charge in [0, 0.05) is 33.1 Å². The lowest BCUT2D eigenvalue weighted by atomic mass is 10.0. The van der Waals surface area contributed by atoms with Crippen molar-refractivity contribution in [1.29, 1.82) is 0 Å². The van der Waals surface area contributed by atoms with Crippen molar-refractivity contribution >= 4 is 44.9 Å². The molecule has 0 aliphatic heterocycles. The molecular formula is C23H13Cl2N3O2. The van der Waals surface area contributed by atoms with E-state index in [1.54, 1.807) is 24.4 Å². The van der Waals surface area contributed by atoms with Crippen molar-refractivity contribution in [3.05, 3.63) is 104 Å². The molecule has 1 N–H and O–H groups in total. The van der Waals surface area contributed by atoms with Gasteiger partial charge in [-0.05, 0) is 12.1 Å². The molecule has 0 amide bonds. The predicted octanol–water partition coefficient (Wildman–Crippen LogP) is 5.20. The number of aromatic nitrogens is 3. The molecule has 0 saturated heterocycles. The second kappa shape index (κ2) is 7.13. The average molecular weight is 434 g/mol. The highest BCUT2D eigenvalue weighted by Crippen LogP contribution is 2.36. The molecule has 0 spiro atoms. The summed E-state index contributed by atoms with van der Waals surface area (Å²) >= 11 is 12.9. The lowest BCUT2D eigenvalue weighted by Crippen LogP contribution is -2.34. The molecule has 3 aromatic carbocycles. The molecule has 5 aromatic rings. The van der Waals surface area contributed by atoms with Crippen LogP contribution in [0.3, 0.4) is 0 Å². The van der Waals surface area contributed by atoms with Crippen molar-refractivity contribution in [2.24, 2.45) is 0 Å². The van der Waals surface area contributed by atoms with Gasteiger partial charge in [0.2, 0.25) is 0 Å². The Hall–Kier alpha value is -3.41. The van der Waals surface area contributed by atoms with Gasteiger partial charge in [0.25, 0.3) is 5.56 Å². The molecule has 0 saturated carbocycles. The summed E-state index contributed by atoms with van der Waals surface area (Å²) in [4.78, 5) is 33.2. The molecule has 0 aliphatic carbocycles. The summed E-state index contributed by atoms with van der Waals surface area (Å²) in [7, 11) is 0. The van der Waals surface area contributed by atoms with Crippen LogP contribution in [0, 0.1) is 0 Å². The van der Waals surface area contributed by atoms with Crippen LogP contribution in [-0.2, 0) is 0 Å². The molecular weight excluding hydrogens is 421 g/mol. The number of hydrogen-bond acceptors (Lipinski definition) is 3. The number of hydrogen-bond donors (Lipinski definition) is 1. The zero-order valence-electron chi connectivity index (χ0n) is 15.4. The van der Waals surface area contributed by atoms with Crippen LogP contribution in [0.15, 0.2) is 82.6 Å². The maximum atomic E-state index is 13.3. The third-order valence-corrected chi connectivity index (χ3v) is 5.78. The highest BCUT2D eigenvalue weighted by Gasteiger charge is 2.17. The van der Waals surface area contributed by atoms with Crippen LogP contribution in [0.4, 0.5) is 0 Å². The standard InChI is InChI=1S/C23H13Cl2N3O2/c24-18-8-4-3-7-15(18)16-9-10-17-21(20(16)25)27-23(30)28(22(17)29)19-12-26-11-13-5-1-2-6-14(13)19/h1-12H,(H,27,30). The van der Waals surface area contributed by atoms with Crippen molar-refractivity contribution in [1.82, 2.24) is 14.5 Å². The number of aromatic amines is 1. The molecule has 0 fully saturated rings.